The van der Waals surface area contributed by atoms with Crippen LogP contribution in [0.25, 0.3) is 0 Å². The summed E-state index contributed by atoms with van der Waals surface area (Å²) in [5, 5.41) is 4.37. The Morgan fingerprint density at radius 1 is 1.25 bits per heavy atom. The highest BCUT2D eigenvalue weighted by Crippen LogP contribution is 2.33. The summed E-state index contributed by atoms with van der Waals surface area (Å²) in [4.78, 5) is 14.6. The minimum atomic E-state index is 0.189. The number of aromatic nitrogens is 2. The van der Waals surface area contributed by atoms with Crippen molar-refractivity contribution < 1.29 is 4.79 Å². The van der Waals surface area contributed by atoms with Crippen LogP contribution in [0, 0.1) is 25.7 Å². The quantitative estimate of drug-likeness (QED) is 0.860. The first kappa shape index (κ1) is 13.5. The maximum atomic E-state index is 12.5. The molecule has 0 radical (unpaired) electrons. The predicted molar refractivity (Wildman–Crippen MR) is 78.1 cm³/mol. The summed E-state index contributed by atoms with van der Waals surface area (Å²) in [6.07, 6.45) is 5.12. The number of nitrogen functional groups attached to an aromatic ring is 1. The molecule has 2 fully saturated rings. The van der Waals surface area contributed by atoms with E-state index >= 15 is 0 Å². The van der Waals surface area contributed by atoms with Gasteiger partial charge in [0.25, 0.3) is 0 Å². The Kier molecular flexibility index (Phi) is 3.44. The third-order valence-corrected chi connectivity index (χ3v) is 4.43. The number of amides is 1. The molecule has 0 unspecified atom stereocenters. The van der Waals surface area contributed by atoms with E-state index in [4.69, 9.17) is 5.73 Å². The first-order chi connectivity index (χ1) is 9.54. The lowest BCUT2D eigenvalue weighted by atomic mass is 10.3. The van der Waals surface area contributed by atoms with Crippen molar-refractivity contribution in [2.24, 2.45) is 11.8 Å². The van der Waals surface area contributed by atoms with E-state index in [0.29, 0.717) is 12.2 Å². The molecule has 110 valence electrons. The number of rotatable bonds is 6. The van der Waals surface area contributed by atoms with Crippen molar-refractivity contribution in [3.05, 3.63) is 11.4 Å². The van der Waals surface area contributed by atoms with Crippen LogP contribution in [0.1, 0.15) is 37.1 Å². The second-order valence-electron chi connectivity index (χ2n) is 6.43. The normalized spacial score (nSPS) is 18.3. The maximum Gasteiger partial charge on any atom is 0.244 e. The van der Waals surface area contributed by atoms with Crippen LogP contribution in [0.3, 0.4) is 0 Å². The molecule has 3 rings (SSSR count). The highest BCUT2D eigenvalue weighted by Gasteiger charge is 2.31. The zero-order valence-corrected chi connectivity index (χ0v) is 12.4. The van der Waals surface area contributed by atoms with Crippen molar-refractivity contribution in [3.8, 4) is 0 Å². The topological polar surface area (TPSA) is 64.2 Å². The first-order valence-corrected chi connectivity index (χ1v) is 7.62. The van der Waals surface area contributed by atoms with Gasteiger partial charge in [-0.25, -0.2) is 0 Å². The van der Waals surface area contributed by atoms with Crippen LogP contribution in [-0.2, 0) is 11.3 Å². The van der Waals surface area contributed by atoms with E-state index < -0.39 is 0 Å². The summed E-state index contributed by atoms with van der Waals surface area (Å²) in [7, 11) is 0. The van der Waals surface area contributed by atoms with E-state index in [2.05, 4.69) is 10.00 Å². The number of anilines is 1. The van der Waals surface area contributed by atoms with Gasteiger partial charge in [0.05, 0.1) is 17.1 Å². The molecule has 2 N–H and O–H groups in total. The molecule has 2 saturated carbocycles. The molecule has 5 nitrogen and oxygen atoms in total. The molecule has 2 aliphatic rings. The van der Waals surface area contributed by atoms with E-state index in [0.717, 1.165) is 36.3 Å². The van der Waals surface area contributed by atoms with Crippen molar-refractivity contribution in [1.29, 1.82) is 0 Å². The lowest BCUT2D eigenvalue weighted by Gasteiger charge is -2.23. The van der Waals surface area contributed by atoms with Crippen molar-refractivity contribution >= 4 is 11.6 Å². The number of aryl methyl sites for hydroxylation is 1. The molecule has 1 heterocycles. The summed E-state index contributed by atoms with van der Waals surface area (Å²) in [6.45, 7) is 6.00. The van der Waals surface area contributed by atoms with Crippen LogP contribution in [0.4, 0.5) is 5.69 Å². The van der Waals surface area contributed by atoms with Crippen LogP contribution >= 0.6 is 0 Å². The van der Waals surface area contributed by atoms with E-state index in [-0.39, 0.29) is 5.91 Å². The fourth-order valence-electron chi connectivity index (χ4n) is 2.60. The molecule has 1 aromatic heterocycles. The molecule has 0 atom stereocenters. The van der Waals surface area contributed by atoms with Gasteiger partial charge in [-0.15, -0.1) is 0 Å². The fourth-order valence-corrected chi connectivity index (χ4v) is 2.60. The van der Waals surface area contributed by atoms with Gasteiger partial charge in [-0.3, -0.25) is 9.48 Å². The molecule has 5 heteroatoms. The van der Waals surface area contributed by atoms with Crippen LogP contribution < -0.4 is 5.73 Å². The molecule has 0 aliphatic heterocycles. The third-order valence-electron chi connectivity index (χ3n) is 4.43. The van der Waals surface area contributed by atoms with Crippen LogP contribution in [0.2, 0.25) is 0 Å². The average Bonchev–Trinajstić information content (AvgIpc) is 3.29. The molecular formula is C15H24N4O. The largest absolute Gasteiger partial charge is 0.396 e. The molecule has 1 aromatic rings. The van der Waals surface area contributed by atoms with Gasteiger partial charge in [0.1, 0.15) is 6.54 Å². The molecular weight excluding hydrogens is 252 g/mol. The first-order valence-electron chi connectivity index (χ1n) is 7.62. The number of hydrogen-bond donors (Lipinski definition) is 1. The number of carbonyl (C=O) groups excluding carboxylic acids is 1. The lowest BCUT2D eigenvalue weighted by molar-refractivity contribution is -0.132. The van der Waals surface area contributed by atoms with E-state index in [1.165, 1.54) is 25.7 Å². The minimum Gasteiger partial charge on any atom is -0.396 e. The fraction of sp³-hybridized carbons (Fsp3) is 0.733. The van der Waals surface area contributed by atoms with Crippen molar-refractivity contribution in [2.45, 2.75) is 46.1 Å². The standard InChI is InChI=1S/C15H24N4O/c1-10-15(16)11(2)19(17-10)9-14(20)18(7-12-3-4-12)8-13-5-6-13/h12-13H,3-9,16H2,1-2H3. The highest BCUT2D eigenvalue weighted by atomic mass is 16.2. The van der Waals surface area contributed by atoms with Crippen LogP contribution in [-0.4, -0.2) is 33.7 Å². The Morgan fingerprint density at radius 3 is 2.20 bits per heavy atom. The number of hydrogen-bond acceptors (Lipinski definition) is 3. The molecule has 0 aromatic carbocycles. The summed E-state index contributed by atoms with van der Waals surface area (Å²) >= 11 is 0. The SMILES string of the molecule is Cc1nn(CC(=O)N(CC2CC2)CC2CC2)c(C)c1N. The molecule has 2 aliphatic carbocycles. The second kappa shape index (κ2) is 5.11. The van der Waals surface area contributed by atoms with E-state index in [1.807, 2.05) is 13.8 Å². The zero-order valence-electron chi connectivity index (χ0n) is 12.4. The second-order valence-corrected chi connectivity index (χ2v) is 6.43. The number of carbonyl (C=O) groups is 1. The Hall–Kier alpha value is -1.52. The van der Waals surface area contributed by atoms with Gasteiger partial charge in [-0.05, 0) is 51.4 Å². The minimum absolute atomic E-state index is 0.189. The summed E-state index contributed by atoms with van der Waals surface area (Å²) in [5.41, 5.74) is 8.34. The number of nitrogens with two attached hydrogens (primary N) is 1. The molecule has 1 amide bonds. The third kappa shape index (κ3) is 2.97. The number of nitrogens with zero attached hydrogens (tertiary/aromatic N) is 3. The molecule has 0 spiro atoms. The Bertz CT molecular complexity index is 500. The van der Waals surface area contributed by atoms with E-state index in [1.54, 1.807) is 4.68 Å². The predicted octanol–water partition coefficient (Wildman–Crippen LogP) is 1.73. The molecule has 0 saturated heterocycles. The van der Waals surface area contributed by atoms with Crippen molar-refractivity contribution in [3.63, 3.8) is 0 Å². The Morgan fingerprint density at radius 2 is 1.80 bits per heavy atom. The summed E-state index contributed by atoms with van der Waals surface area (Å²) in [5.74, 6) is 1.67. The zero-order chi connectivity index (χ0) is 14.3. The molecule has 0 bridgehead atoms. The van der Waals surface area contributed by atoms with Crippen molar-refractivity contribution in [1.82, 2.24) is 14.7 Å². The van der Waals surface area contributed by atoms with Gasteiger partial charge in [0, 0.05) is 13.1 Å². The van der Waals surface area contributed by atoms with Gasteiger partial charge in [0.2, 0.25) is 5.91 Å². The summed E-state index contributed by atoms with van der Waals surface area (Å²) in [6, 6.07) is 0. The summed E-state index contributed by atoms with van der Waals surface area (Å²) < 4.78 is 1.75. The van der Waals surface area contributed by atoms with Crippen molar-refractivity contribution in [2.75, 3.05) is 18.8 Å². The van der Waals surface area contributed by atoms with E-state index in [9.17, 15) is 4.79 Å². The maximum absolute atomic E-state index is 12.5. The van der Waals surface area contributed by atoms with Gasteiger partial charge in [-0.2, -0.15) is 5.10 Å². The molecule has 20 heavy (non-hydrogen) atoms. The van der Waals surface area contributed by atoms with Gasteiger partial charge >= 0.3 is 0 Å². The monoisotopic (exact) mass is 276 g/mol. The van der Waals surface area contributed by atoms with Gasteiger partial charge in [0.15, 0.2) is 0 Å². The average molecular weight is 276 g/mol. The lowest BCUT2D eigenvalue weighted by Crippen LogP contribution is -2.37. The van der Waals surface area contributed by atoms with Gasteiger partial charge in [-0.1, -0.05) is 0 Å². The highest BCUT2D eigenvalue weighted by molar-refractivity contribution is 5.76. The van der Waals surface area contributed by atoms with Gasteiger partial charge < -0.3 is 10.6 Å². The Balaban J connectivity index is 1.66. The van der Waals surface area contributed by atoms with Crippen LogP contribution in [0.5, 0.6) is 0 Å². The smallest absolute Gasteiger partial charge is 0.244 e. The van der Waals surface area contributed by atoms with Crippen LogP contribution in [0.15, 0.2) is 0 Å². The Labute approximate surface area is 120 Å².